The predicted octanol–water partition coefficient (Wildman–Crippen LogP) is 2.59. The number of imidazole rings is 1. The molecule has 20 heavy (non-hydrogen) atoms. The standard InChI is InChI=1S/C13H17N5OS/c1-4-8-6-14-10(19-8)7-18-12-11(15-13(18)20)9(5-2)16-17(12)3/h6H,4-5,7H2,1-3H3,(H,15,20). The average Bonchev–Trinajstić information content (AvgIpc) is 3.09. The van der Waals surface area contributed by atoms with Crippen molar-refractivity contribution in [2.75, 3.05) is 0 Å². The maximum atomic E-state index is 5.66. The quantitative estimate of drug-likeness (QED) is 0.750. The Bertz CT molecular complexity index is 807. The third kappa shape index (κ3) is 1.98. The molecule has 7 heteroatoms. The van der Waals surface area contributed by atoms with E-state index in [1.807, 2.05) is 23.2 Å². The van der Waals surface area contributed by atoms with Gasteiger partial charge in [-0.3, -0.25) is 9.25 Å². The fourth-order valence-corrected chi connectivity index (χ4v) is 2.64. The molecule has 0 aliphatic rings. The van der Waals surface area contributed by atoms with E-state index in [0.717, 1.165) is 35.5 Å². The molecule has 106 valence electrons. The predicted molar refractivity (Wildman–Crippen MR) is 78.2 cm³/mol. The molecular weight excluding hydrogens is 274 g/mol. The Morgan fingerprint density at radius 2 is 2.15 bits per heavy atom. The lowest BCUT2D eigenvalue weighted by molar-refractivity contribution is 0.446. The maximum absolute atomic E-state index is 5.66. The summed E-state index contributed by atoms with van der Waals surface area (Å²) in [6.45, 7) is 4.64. The molecule has 0 unspecified atom stereocenters. The Kier molecular flexibility index (Phi) is 3.21. The normalized spacial score (nSPS) is 11.6. The molecule has 0 aromatic carbocycles. The van der Waals surface area contributed by atoms with E-state index in [4.69, 9.17) is 16.6 Å². The maximum Gasteiger partial charge on any atom is 0.214 e. The van der Waals surface area contributed by atoms with Gasteiger partial charge in [0.25, 0.3) is 0 Å². The second-order valence-electron chi connectivity index (χ2n) is 4.71. The molecule has 0 amide bonds. The zero-order valence-corrected chi connectivity index (χ0v) is 12.6. The molecule has 0 spiro atoms. The summed E-state index contributed by atoms with van der Waals surface area (Å²) in [5.74, 6) is 1.55. The number of hydrogen-bond acceptors (Lipinski definition) is 4. The molecule has 3 aromatic heterocycles. The molecule has 0 saturated heterocycles. The summed E-state index contributed by atoms with van der Waals surface area (Å²) in [6.07, 6.45) is 3.47. The van der Waals surface area contributed by atoms with Gasteiger partial charge in [-0.2, -0.15) is 5.10 Å². The van der Waals surface area contributed by atoms with Gasteiger partial charge >= 0.3 is 0 Å². The molecule has 3 aromatic rings. The molecule has 0 radical (unpaired) electrons. The zero-order chi connectivity index (χ0) is 14.3. The molecule has 6 nitrogen and oxygen atoms in total. The first kappa shape index (κ1) is 13.1. The smallest absolute Gasteiger partial charge is 0.214 e. The first-order valence-electron chi connectivity index (χ1n) is 6.72. The molecule has 0 fully saturated rings. The second-order valence-corrected chi connectivity index (χ2v) is 5.10. The number of fused-ring (bicyclic) bond motifs is 1. The lowest BCUT2D eigenvalue weighted by Crippen LogP contribution is -2.04. The average molecular weight is 291 g/mol. The zero-order valence-electron chi connectivity index (χ0n) is 11.8. The third-order valence-electron chi connectivity index (χ3n) is 3.40. The van der Waals surface area contributed by atoms with Gasteiger partial charge in [-0.1, -0.05) is 13.8 Å². The van der Waals surface area contributed by atoms with Crippen molar-refractivity contribution < 1.29 is 4.42 Å². The molecule has 3 rings (SSSR count). The van der Waals surface area contributed by atoms with E-state index in [2.05, 4.69) is 22.0 Å². The van der Waals surface area contributed by atoms with Gasteiger partial charge in [0.05, 0.1) is 11.9 Å². The van der Waals surface area contributed by atoms with Crippen molar-refractivity contribution in [3.05, 3.63) is 28.3 Å². The summed E-state index contributed by atoms with van der Waals surface area (Å²) in [6, 6.07) is 0. The van der Waals surface area contributed by atoms with Crippen molar-refractivity contribution in [1.29, 1.82) is 0 Å². The van der Waals surface area contributed by atoms with Gasteiger partial charge in [-0.05, 0) is 18.6 Å². The minimum absolute atomic E-state index is 0.515. The van der Waals surface area contributed by atoms with E-state index in [1.165, 1.54) is 0 Å². The highest BCUT2D eigenvalue weighted by molar-refractivity contribution is 7.71. The van der Waals surface area contributed by atoms with E-state index in [0.29, 0.717) is 17.2 Å². The summed E-state index contributed by atoms with van der Waals surface area (Å²) >= 11 is 5.40. The van der Waals surface area contributed by atoms with Crippen molar-refractivity contribution in [1.82, 2.24) is 24.3 Å². The van der Waals surface area contributed by atoms with Gasteiger partial charge in [-0.15, -0.1) is 0 Å². The van der Waals surface area contributed by atoms with Gasteiger partial charge < -0.3 is 9.40 Å². The van der Waals surface area contributed by atoms with Gasteiger partial charge in [-0.25, -0.2) is 4.98 Å². The lowest BCUT2D eigenvalue weighted by atomic mass is 10.3. The number of nitrogens with zero attached hydrogens (tertiary/aromatic N) is 4. The summed E-state index contributed by atoms with van der Waals surface area (Å²) in [5.41, 5.74) is 3.00. The van der Waals surface area contributed by atoms with Crippen molar-refractivity contribution in [2.45, 2.75) is 33.2 Å². The van der Waals surface area contributed by atoms with Crippen LogP contribution in [0.25, 0.3) is 11.2 Å². The second kappa shape index (κ2) is 4.90. The van der Waals surface area contributed by atoms with Crippen molar-refractivity contribution in [3.8, 4) is 0 Å². The molecule has 0 saturated carbocycles. The summed E-state index contributed by atoms with van der Waals surface area (Å²) in [5, 5.41) is 4.50. The highest BCUT2D eigenvalue weighted by Gasteiger charge is 2.15. The highest BCUT2D eigenvalue weighted by atomic mass is 32.1. The number of H-pyrrole nitrogens is 1. The number of nitrogens with one attached hydrogen (secondary N) is 1. The van der Waals surface area contributed by atoms with Crippen LogP contribution in [0.2, 0.25) is 0 Å². The number of aryl methyl sites for hydroxylation is 3. The SMILES string of the molecule is CCc1cnc(Cn2c(=S)[nH]c3c(CC)nn(C)c32)o1. The number of rotatable bonds is 4. The first-order valence-corrected chi connectivity index (χ1v) is 7.12. The molecule has 0 aliphatic heterocycles. The molecule has 0 aliphatic carbocycles. The van der Waals surface area contributed by atoms with Gasteiger partial charge in [0.2, 0.25) is 5.89 Å². The Morgan fingerprint density at radius 3 is 2.80 bits per heavy atom. The van der Waals surface area contributed by atoms with Crippen LogP contribution in [0.1, 0.15) is 31.2 Å². The number of oxazole rings is 1. The number of hydrogen-bond donors (Lipinski definition) is 1. The monoisotopic (exact) mass is 291 g/mol. The molecule has 3 heterocycles. The summed E-state index contributed by atoms with van der Waals surface area (Å²) < 4.78 is 10.2. The van der Waals surface area contributed by atoms with Crippen LogP contribution in [0.3, 0.4) is 0 Å². The van der Waals surface area contributed by atoms with Crippen LogP contribution < -0.4 is 0 Å². The molecule has 1 N–H and O–H groups in total. The van der Waals surface area contributed by atoms with Crippen molar-refractivity contribution >= 4 is 23.4 Å². The molecule has 0 bridgehead atoms. The Morgan fingerprint density at radius 1 is 1.35 bits per heavy atom. The van der Waals surface area contributed by atoms with Crippen molar-refractivity contribution in [2.24, 2.45) is 7.05 Å². The minimum Gasteiger partial charge on any atom is -0.444 e. The minimum atomic E-state index is 0.515. The highest BCUT2D eigenvalue weighted by Crippen LogP contribution is 2.19. The Hall–Kier alpha value is -1.89. The third-order valence-corrected chi connectivity index (χ3v) is 3.72. The number of aromatic nitrogens is 5. The van der Waals surface area contributed by atoms with E-state index in [9.17, 15) is 0 Å². The van der Waals surface area contributed by atoms with E-state index < -0.39 is 0 Å². The summed E-state index contributed by atoms with van der Waals surface area (Å²) in [4.78, 5) is 7.52. The Balaban J connectivity index is 2.09. The Labute approximate surface area is 121 Å². The van der Waals surface area contributed by atoms with Gasteiger partial charge in [0, 0.05) is 13.5 Å². The van der Waals surface area contributed by atoms with Crippen LogP contribution in [0.4, 0.5) is 0 Å². The van der Waals surface area contributed by atoms with Crippen molar-refractivity contribution in [3.63, 3.8) is 0 Å². The van der Waals surface area contributed by atoms with Gasteiger partial charge in [0.1, 0.15) is 17.8 Å². The lowest BCUT2D eigenvalue weighted by Gasteiger charge is -2.01. The number of aromatic amines is 1. The molecular formula is C13H17N5OS. The fraction of sp³-hybridized carbons (Fsp3) is 0.462. The van der Waals surface area contributed by atoms with E-state index in [1.54, 1.807) is 6.20 Å². The van der Waals surface area contributed by atoms with E-state index in [-0.39, 0.29) is 0 Å². The van der Waals surface area contributed by atoms with Crippen LogP contribution in [0.15, 0.2) is 10.6 Å². The van der Waals surface area contributed by atoms with Crippen LogP contribution in [-0.4, -0.2) is 24.3 Å². The van der Waals surface area contributed by atoms with Crippen LogP contribution in [-0.2, 0) is 26.4 Å². The molecule has 0 atom stereocenters. The summed E-state index contributed by atoms with van der Waals surface area (Å²) in [7, 11) is 1.92. The van der Waals surface area contributed by atoms with Crippen LogP contribution in [0.5, 0.6) is 0 Å². The first-order chi connectivity index (χ1) is 9.63. The van der Waals surface area contributed by atoms with Gasteiger partial charge in [0.15, 0.2) is 10.4 Å². The van der Waals surface area contributed by atoms with E-state index >= 15 is 0 Å². The topological polar surface area (TPSA) is 64.6 Å². The fourth-order valence-electron chi connectivity index (χ4n) is 2.39. The largest absolute Gasteiger partial charge is 0.444 e. The van der Waals surface area contributed by atoms with Crippen LogP contribution in [0, 0.1) is 4.77 Å². The van der Waals surface area contributed by atoms with Crippen LogP contribution >= 0.6 is 12.2 Å².